The summed E-state index contributed by atoms with van der Waals surface area (Å²) in [5, 5.41) is 6.82. The molecule has 3 rings (SSSR count). The first-order valence-electron chi connectivity index (χ1n) is 11.3. The number of esters is 1. The van der Waals surface area contributed by atoms with Gasteiger partial charge in [0.25, 0.3) is 0 Å². The number of allylic oxidation sites excluding steroid dienone is 2. The summed E-state index contributed by atoms with van der Waals surface area (Å²) in [6, 6.07) is 12.0. The van der Waals surface area contributed by atoms with Crippen LogP contribution < -0.4 is 20.1 Å². The molecule has 1 saturated heterocycles. The third-order valence-corrected chi connectivity index (χ3v) is 5.51. The van der Waals surface area contributed by atoms with Crippen LogP contribution >= 0.6 is 0 Å². The van der Waals surface area contributed by atoms with Gasteiger partial charge in [0.2, 0.25) is 0 Å². The predicted octanol–water partition coefficient (Wildman–Crippen LogP) is 4.10. The van der Waals surface area contributed by atoms with Crippen LogP contribution in [-0.4, -0.2) is 52.5 Å². The number of benzene rings is 2. The Kier molecular flexibility index (Phi) is 9.10. The maximum Gasteiger partial charge on any atom is 0.342 e. The Hall–Kier alpha value is -3.09. The normalized spacial score (nSPS) is 15.8. The molecule has 2 aromatic carbocycles. The Bertz CT molecular complexity index is 989. The van der Waals surface area contributed by atoms with Gasteiger partial charge < -0.3 is 24.8 Å². The van der Waals surface area contributed by atoms with Crippen LogP contribution in [0, 0.1) is 0 Å². The van der Waals surface area contributed by atoms with Crippen molar-refractivity contribution in [3.8, 4) is 11.5 Å². The number of hydrogen-bond donors (Lipinski definition) is 2. The van der Waals surface area contributed by atoms with Gasteiger partial charge >= 0.3 is 5.97 Å². The Labute approximate surface area is 196 Å². The summed E-state index contributed by atoms with van der Waals surface area (Å²) in [4.78, 5) is 13.0. The van der Waals surface area contributed by atoms with E-state index in [1.807, 2.05) is 62.4 Å². The van der Waals surface area contributed by atoms with Crippen LogP contribution in [0.3, 0.4) is 0 Å². The average molecular weight is 451 g/mol. The van der Waals surface area contributed by atoms with Gasteiger partial charge in [-0.3, -0.25) is 0 Å². The van der Waals surface area contributed by atoms with Crippen LogP contribution in [-0.2, 0) is 11.2 Å². The molecule has 0 aliphatic carbocycles. The number of piperazine rings is 1. The first-order valence-corrected chi connectivity index (χ1v) is 11.3. The van der Waals surface area contributed by atoms with Gasteiger partial charge in [-0.05, 0) is 37.5 Å². The van der Waals surface area contributed by atoms with Gasteiger partial charge in [0, 0.05) is 25.2 Å². The zero-order chi connectivity index (χ0) is 23.6. The van der Waals surface area contributed by atoms with E-state index in [4.69, 9.17) is 14.2 Å². The Morgan fingerprint density at radius 1 is 1.12 bits per heavy atom. The third kappa shape index (κ3) is 6.70. The van der Waals surface area contributed by atoms with Gasteiger partial charge in [-0.1, -0.05) is 54.1 Å². The monoisotopic (exact) mass is 450 g/mol. The largest absolute Gasteiger partial charge is 0.496 e. The molecule has 6 heteroatoms. The standard InChI is InChI=1S/C27H34N2O4/c1-19(2)10-13-23-24(31-3)16-21(12-11-20-8-6-5-7-9-20)25(27(30)32-4)26(23)33-18-22-17-28-14-15-29-22/h5-12,16,22,28-29H,13-15,17-18H2,1-4H3/b12-11+. The Balaban J connectivity index is 2.10. The third-order valence-electron chi connectivity index (χ3n) is 5.51. The van der Waals surface area contributed by atoms with Crippen molar-refractivity contribution < 1.29 is 19.0 Å². The molecule has 2 N–H and O–H groups in total. The first kappa shape index (κ1) is 24.6. The number of rotatable bonds is 9. The van der Waals surface area contributed by atoms with Crippen molar-refractivity contribution in [3.63, 3.8) is 0 Å². The van der Waals surface area contributed by atoms with Crippen molar-refractivity contribution in [2.45, 2.75) is 26.3 Å². The summed E-state index contributed by atoms with van der Waals surface area (Å²) in [5.41, 5.74) is 4.13. The molecular weight excluding hydrogens is 416 g/mol. The molecule has 1 atom stereocenters. The van der Waals surface area contributed by atoms with Crippen molar-refractivity contribution in [2.24, 2.45) is 0 Å². The van der Waals surface area contributed by atoms with E-state index in [0.717, 1.165) is 30.8 Å². The highest BCUT2D eigenvalue weighted by Crippen LogP contribution is 2.38. The maximum absolute atomic E-state index is 13.0. The summed E-state index contributed by atoms with van der Waals surface area (Å²) in [5.74, 6) is 0.755. The summed E-state index contributed by atoms with van der Waals surface area (Å²) < 4.78 is 17.3. The molecule has 2 aromatic rings. The van der Waals surface area contributed by atoms with Gasteiger partial charge in [0.1, 0.15) is 23.7 Å². The first-order chi connectivity index (χ1) is 16.0. The van der Waals surface area contributed by atoms with Gasteiger partial charge in [-0.2, -0.15) is 0 Å². The smallest absolute Gasteiger partial charge is 0.342 e. The lowest BCUT2D eigenvalue weighted by atomic mass is 9.97. The van der Waals surface area contributed by atoms with Crippen molar-refractivity contribution >= 4 is 18.1 Å². The summed E-state index contributed by atoms with van der Waals surface area (Å²) in [6.45, 7) is 7.13. The second-order valence-corrected chi connectivity index (χ2v) is 8.24. The van der Waals surface area contributed by atoms with Gasteiger partial charge in [0.05, 0.1) is 20.3 Å². The Morgan fingerprint density at radius 2 is 1.91 bits per heavy atom. The number of ether oxygens (including phenoxy) is 3. The van der Waals surface area contributed by atoms with E-state index in [0.29, 0.717) is 35.7 Å². The highest BCUT2D eigenvalue weighted by atomic mass is 16.5. The molecule has 1 aliphatic heterocycles. The molecule has 1 aliphatic rings. The average Bonchev–Trinajstić information content (AvgIpc) is 2.85. The molecule has 0 spiro atoms. The minimum atomic E-state index is -0.437. The van der Waals surface area contributed by atoms with E-state index in [9.17, 15) is 4.79 Å². The fraction of sp³-hybridized carbons (Fsp3) is 0.370. The number of carbonyl (C=O) groups is 1. The van der Waals surface area contributed by atoms with Gasteiger partial charge in [-0.15, -0.1) is 0 Å². The van der Waals surface area contributed by atoms with Crippen molar-refractivity contribution in [1.29, 1.82) is 0 Å². The molecule has 33 heavy (non-hydrogen) atoms. The number of carbonyl (C=O) groups excluding carboxylic acids is 1. The quantitative estimate of drug-likeness (QED) is 0.341. The highest BCUT2D eigenvalue weighted by molar-refractivity contribution is 5.99. The summed E-state index contributed by atoms with van der Waals surface area (Å²) in [7, 11) is 3.03. The second-order valence-electron chi connectivity index (χ2n) is 8.24. The van der Waals surface area contributed by atoms with E-state index in [2.05, 4.69) is 16.7 Å². The van der Waals surface area contributed by atoms with Crippen LogP contribution in [0.5, 0.6) is 11.5 Å². The molecule has 1 fully saturated rings. The lowest BCUT2D eigenvalue weighted by Gasteiger charge is -2.26. The molecule has 1 unspecified atom stereocenters. The van der Waals surface area contributed by atoms with Gasteiger partial charge in [-0.25, -0.2) is 4.79 Å². The van der Waals surface area contributed by atoms with Crippen molar-refractivity contribution in [3.05, 3.63) is 70.3 Å². The molecule has 1 heterocycles. The molecule has 6 nitrogen and oxygen atoms in total. The molecule has 0 amide bonds. The minimum Gasteiger partial charge on any atom is -0.496 e. The van der Waals surface area contributed by atoms with E-state index in [1.165, 1.54) is 12.7 Å². The van der Waals surface area contributed by atoms with E-state index in [-0.39, 0.29) is 6.04 Å². The van der Waals surface area contributed by atoms with E-state index < -0.39 is 5.97 Å². The zero-order valence-electron chi connectivity index (χ0n) is 19.9. The number of hydrogen-bond acceptors (Lipinski definition) is 6. The zero-order valence-corrected chi connectivity index (χ0v) is 19.9. The summed E-state index contributed by atoms with van der Waals surface area (Å²) >= 11 is 0. The van der Waals surface area contributed by atoms with Crippen molar-refractivity contribution in [1.82, 2.24) is 10.6 Å². The molecule has 176 valence electrons. The van der Waals surface area contributed by atoms with Crippen LogP contribution in [0.4, 0.5) is 0 Å². The highest BCUT2D eigenvalue weighted by Gasteiger charge is 2.25. The fourth-order valence-corrected chi connectivity index (χ4v) is 3.74. The minimum absolute atomic E-state index is 0.148. The van der Waals surface area contributed by atoms with Crippen LogP contribution in [0.2, 0.25) is 0 Å². The predicted molar refractivity (Wildman–Crippen MR) is 133 cm³/mol. The lowest BCUT2D eigenvalue weighted by molar-refractivity contribution is 0.0594. The molecule has 0 radical (unpaired) electrons. The van der Waals surface area contributed by atoms with Gasteiger partial charge in [0.15, 0.2) is 0 Å². The van der Waals surface area contributed by atoms with Crippen LogP contribution in [0.25, 0.3) is 12.2 Å². The van der Waals surface area contributed by atoms with Crippen LogP contribution in [0.15, 0.2) is 48.0 Å². The molecule has 0 bridgehead atoms. The summed E-state index contributed by atoms with van der Waals surface area (Å²) in [6.07, 6.45) is 6.56. The van der Waals surface area contributed by atoms with E-state index in [1.54, 1.807) is 7.11 Å². The Morgan fingerprint density at radius 3 is 2.55 bits per heavy atom. The molecular formula is C27H34N2O4. The number of methoxy groups -OCH3 is 2. The maximum atomic E-state index is 13.0. The van der Waals surface area contributed by atoms with Crippen molar-refractivity contribution in [2.75, 3.05) is 40.5 Å². The number of nitrogens with one attached hydrogen (secondary N) is 2. The SMILES string of the molecule is COC(=O)c1c(/C=C/c2ccccc2)cc(OC)c(CC=C(C)C)c1OCC1CNCCN1. The second kappa shape index (κ2) is 12.2. The topological polar surface area (TPSA) is 68.8 Å². The molecule has 0 saturated carbocycles. The lowest BCUT2D eigenvalue weighted by Crippen LogP contribution is -2.51. The van der Waals surface area contributed by atoms with E-state index >= 15 is 0 Å². The van der Waals surface area contributed by atoms with Crippen LogP contribution in [0.1, 0.15) is 40.9 Å². The fourth-order valence-electron chi connectivity index (χ4n) is 3.74. The molecule has 0 aromatic heterocycles.